The summed E-state index contributed by atoms with van der Waals surface area (Å²) in [5.41, 5.74) is 0.176. The van der Waals surface area contributed by atoms with Gasteiger partial charge >= 0.3 is 0 Å². The van der Waals surface area contributed by atoms with Crippen LogP contribution < -0.4 is 0 Å². The van der Waals surface area contributed by atoms with Crippen molar-refractivity contribution in [2.24, 2.45) is 5.41 Å². The molecule has 1 aromatic rings. The summed E-state index contributed by atoms with van der Waals surface area (Å²) in [6.45, 7) is 4.12. The fourth-order valence-electron chi connectivity index (χ4n) is 1.30. The van der Waals surface area contributed by atoms with E-state index in [1.165, 1.54) is 0 Å². The van der Waals surface area contributed by atoms with Crippen molar-refractivity contribution in [3.63, 3.8) is 0 Å². The van der Waals surface area contributed by atoms with E-state index < -0.39 is 5.41 Å². The van der Waals surface area contributed by atoms with Gasteiger partial charge in [0.15, 0.2) is 5.78 Å². The van der Waals surface area contributed by atoms with E-state index in [0.717, 1.165) is 5.56 Å². The van der Waals surface area contributed by atoms with Gasteiger partial charge in [-0.25, -0.2) is 0 Å². The molecule has 0 aromatic heterocycles. The zero-order valence-corrected chi connectivity index (χ0v) is 10.3. The molecule has 0 spiro atoms. The highest BCUT2D eigenvalue weighted by atomic mass is 16.5. The third kappa shape index (κ3) is 4.38. The van der Waals surface area contributed by atoms with Gasteiger partial charge in [0.25, 0.3) is 0 Å². The van der Waals surface area contributed by atoms with Crippen molar-refractivity contribution >= 4 is 5.78 Å². The van der Waals surface area contributed by atoms with Gasteiger partial charge in [0.2, 0.25) is 0 Å². The SMILES string of the molecule is CC(C)(C#N)C(=O)CCOCc1ccccc1. The van der Waals surface area contributed by atoms with Crippen molar-refractivity contribution < 1.29 is 9.53 Å². The second kappa shape index (κ2) is 6.17. The lowest BCUT2D eigenvalue weighted by molar-refractivity contribution is -0.125. The van der Waals surface area contributed by atoms with Gasteiger partial charge < -0.3 is 4.74 Å². The number of ether oxygens (including phenoxy) is 1. The lowest BCUT2D eigenvalue weighted by Gasteiger charge is -2.13. The highest BCUT2D eigenvalue weighted by molar-refractivity contribution is 5.86. The molecule has 0 unspecified atom stereocenters. The number of Topliss-reactive ketones (excluding diaryl/α,β-unsaturated/α-hetero) is 1. The summed E-state index contributed by atoms with van der Waals surface area (Å²) in [6, 6.07) is 11.8. The van der Waals surface area contributed by atoms with E-state index in [1.807, 2.05) is 36.4 Å². The highest BCUT2D eigenvalue weighted by Crippen LogP contribution is 2.16. The molecule has 3 heteroatoms. The number of carbonyl (C=O) groups excluding carboxylic acids is 1. The third-order valence-electron chi connectivity index (χ3n) is 2.56. The van der Waals surface area contributed by atoms with Crippen molar-refractivity contribution in [2.45, 2.75) is 26.9 Å². The summed E-state index contributed by atoms with van der Waals surface area (Å²) >= 11 is 0. The molecule has 0 aliphatic carbocycles. The standard InChI is InChI=1S/C14H17NO2/c1-14(2,11-15)13(16)8-9-17-10-12-6-4-3-5-7-12/h3-7H,8-10H2,1-2H3. The topological polar surface area (TPSA) is 50.1 Å². The Bertz CT molecular complexity index is 404. The van der Waals surface area contributed by atoms with E-state index in [0.29, 0.717) is 13.2 Å². The van der Waals surface area contributed by atoms with Gasteiger partial charge in [-0.05, 0) is 19.4 Å². The molecule has 0 atom stereocenters. The second-order valence-electron chi connectivity index (χ2n) is 4.45. The zero-order valence-electron chi connectivity index (χ0n) is 10.3. The number of nitriles is 1. The molecule has 1 rings (SSSR count). The van der Waals surface area contributed by atoms with Gasteiger partial charge in [-0.3, -0.25) is 4.79 Å². The molecule has 0 aliphatic heterocycles. The normalized spacial score (nSPS) is 10.9. The van der Waals surface area contributed by atoms with E-state index >= 15 is 0 Å². The van der Waals surface area contributed by atoms with Gasteiger partial charge in [-0.15, -0.1) is 0 Å². The Morgan fingerprint density at radius 2 is 2.00 bits per heavy atom. The molecular formula is C14H17NO2. The average molecular weight is 231 g/mol. The molecule has 0 fully saturated rings. The number of benzene rings is 1. The third-order valence-corrected chi connectivity index (χ3v) is 2.56. The van der Waals surface area contributed by atoms with Gasteiger partial charge in [-0.1, -0.05) is 30.3 Å². The molecule has 1 aromatic carbocycles. The molecule has 0 amide bonds. The van der Waals surface area contributed by atoms with Crippen LogP contribution in [0.3, 0.4) is 0 Å². The number of hydrogen-bond acceptors (Lipinski definition) is 3. The van der Waals surface area contributed by atoms with Crippen LogP contribution in [0, 0.1) is 16.7 Å². The molecule has 0 N–H and O–H groups in total. The predicted molar refractivity (Wildman–Crippen MR) is 65.1 cm³/mol. The molecular weight excluding hydrogens is 214 g/mol. The van der Waals surface area contributed by atoms with Crippen molar-refractivity contribution in [1.82, 2.24) is 0 Å². The Morgan fingerprint density at radius 1 is 1.35 bits per heavy atom. The Kier molecular flexibility index (Phi) is 4.86. The highest BCUT2D eigenvalue weighted by Gasteiger charge is 2.26. The minimum absolute atomic E-state index is 0.0759. The molecule has 90 valence electrons. The van der Waals surface area contributed by atoms with Crippen LogP contribution in [0.5, 0.6) is 0 Å². The van der Waals surface area contributed by atoms with Crippen LogP contribution in [0.1, 0.15) is 25.8 Å². The maximum atomic E-state index is 11.6. The second-order valence-corrected chi connectivity index (χ2v) is 4.45. The lowest BCUT2D eigenvalue weighted by Crippen LogP contribution is -2.23. The van der Waals surface area contributed by atoms with Gasteiger partial charge in [-0.2, -0.15) is 5.26 Å². The monoisotopic (exact) mass is 231 g/mol. The Hall–Kier alpha value is -1.66. The van der Waals surface area contributed by atoms with Crippen LogP contribution in [0.25, 0.3) is 0 Å². The largest absolute Gasteiger partial charge is 0.376 e. The van der Waals surface area contributed by atoms with Crippen LogP contribution in [0.2, 0.25) is 0 Å². The Balaban J connectivity index is 2.26. The van der Waals surface area contributed by atoms with Gasteiger partial charge in [0.05, 0.1) is 19.3 Å². The first-order valence-corrected chi connectivity index (χ1v) is 5.62. The van der Waals surface area contributed by atoms with Crippen LogP contribution in [-0.4, -0.2) is 12.4 Å². The summed E-state index contributed by atoms with van der Waals surface area (Å²) in [4.78, 5) is 11.6. The summed E-state index contributed by atoms with van der Waals surface area (Å²) in [7, 11) is 0. The Morgan fingerprint density at radius 3 is 2.59 bits per heavy atom. The average Bonchev–Trinajstić information content (AvgIpc) is 2.35. The summed E-state index contributed by atoms with van der Waals surface area (Å²) in [5.74, 6) is -0.0759. The molecule has 3 nitrogen and oxygen atoms in total. The molecule has 17 heavy (non-hydrogen) atoms. The fraction of sp³-hybridized carbons (Fsp3) is 0.429. The van der Waals surface area contributed by atoms with E-state index in [-0.39, 0.29) is 12.2 Å². The maximum absolute atomic E-state index is 11.6. The maximum Gasteiger partial charge on any atom is 0.154 e. The molecule has 0 radical (unpaired) electrons. The fourth-order valence-corrected chi connectivity index (χ4v) is 1.30. The predicted octanol–water partition coefficient (Wildman–Crippen LogP) is 2.71. The molecule has 0 aliphatic rings. The molecule has 0 bridgehead atoms. The number of ketones is 1. The quantitative estimate of drug-likeness (QED) is 0.707. The van der Waals surface area contributed by atoms with Gasteiger partial charge in [0, 0.05) is 6.42 Å². The summed E-state index contributed by atoms with van der Waals surface area (Å²) in [5, 5.41) is 8.79. The molecule has 0 heterocycles. The molecule has 0 saturated carbocycles. The van der Waals surface area contributed by atoms with Crippen molar-refractivity contribution in [2.75, 3.05) is 6.61 Å². The zero-order chi connectivity index (χ0) is 12.7. The minimum atomic E-state index is -0.907. The number of nitrogens with zero attached hydrogens (tertiary/aromatic N) is 1. The van der Waals surface area contributed by atoms with E-state index in [2.05, 4.69) is 0 Å². The number of hydrogen-bond donors (Lipinski definition) is 0. The van der Waals surface area contributed by atoms with Crippen molar-refractivity contribution in [1.29, 1.82) is 5.26 Å². The minimum Gasteiger partial charge on any atom is -0.376 e. The van der Waals surface area contributed by atoms with E-state index in [4.69, 9.17) is 10.00 Å². The van der Waals surface area contributed by atoms with Gasteiger partial charge in [0.1, 0.15) is 5.41 Å². The van der Waals surface area contributed by atoms with E-state index in [9.17, 15) is 4.79 Å². The van der Waals surface area contributed by atoms with Crippen LogP contribution in [0.4, 0.5) is 0 Å². The first kappa shape index (κ1) is 13.4. The van der Waals surface area contributed by atoms with Crippen LogP contribution >= 0.6 is 0 Å². The molecule has 0 saturated heterocycles. The first-order chi connectivity index (χ1) is 8.06. The lowest BCUT2D eigenvalue weighted by atomic mass is 9.88. The van der Waals surface area contributed by atoms with Crippen molar-refractivity contribution in [3.05, 3.63) is 35.9 Å². The summed E-state index contributed by atoms with van der Waals surface area (Å²) < 4.78 is 5.40. The van der Waals surface area contributed by atoms with Crippen LogP contribution in [0.15, 0.2) is 30.3 Å². The first-order valence-electron chi connectivity index (χ1n) is 5.62. The van der Waals surface area contributed by atoms with Crippen LogP contribution in [-0.2, 0) is 16.1 Å². The smallest absolute Gasteiger partial charge is 0.154 e. The van der Waals surface area contributed by atoms with E-state index in [1.54, 1.807) is 13.8 Å². The number of carbonyl (C=O) groups is 1. The number of rotatable bonds is 6. The van der Waals surface area contributed by atoms with Crippen molar-refractivity contribution in [3.8, 4) is 6.07 Å². The summed E-state index contributed by atoms with van der Waals surface area (Å²) in [6.07, 6.45) is 0.285. The Labute approximate surface area is 102 Å².